The van der Waals surface area contributed by atoms with Crippen molar-refractivity contribution in [1.29, 1.82) is 0 Å². The monoisotopic (exact) mass is 259 g/mol. The molecule has 1 saturated heterocycles. The van der Waals surface area contributed by atoms with E-state index in [0.29, 0.717) is 19.4 Å². The number of likely N-dealkylation sites (tertiary alicyclic amines) is 1. The summed E-state index contributed by atoms with van der Waals surface area (Å²) in [6, 6.07) is 0.0304. The average molecular weight is 259 g/mol. The summed E-state index contributed by atoms with van der Waals surface area (Å²) >= 11 is 0. The fraction of sp³-hybridized carbons (Fsp3) is 0.929. The summed E-state index contributed by atoms with van der Waals surface area (Å²) in [5.41, 5.74) is 0. The number of amides is 1. The Kier molecular flexibility index (Phi) is 7.06. The summed E-state index contributed by atoms with van der Waals surface area (Å²) in [6.07, 6.45) is 6.74. The predicted molar refractivity (Wildman–Crippen MR) is 70.4 cm³/mol. The molecule has 1 aliphatic rings. The maximum Gasteiger partial charge on any atom is 0.409 e. The Labute approximate surface area is 110 Å². The molecule has 0 aliphatic carbocycles. The number of hydrogen-bond acceptors (Lipinski definition) is 2. The van der Waals surface area contributed by atoms with Crippen LogP contribution in [0.15, 0.2) is 0 Å². The van der Waals surface area contributed by atoms with Gasteiger partial charge in [-0.3, -0.25) is 0 Å². The van der Waals surface area contributed by atoms with Gasteiger partial charge in [0.2, 0.25) is 0 Å². The van der Waals surface area contributed by atoms with Crippen molar-refractivity contribution < 1.29 is 13.9 Å². The van der Waals surface area contributed by atoms with Crippen LogP contribution in [0.25, 0.3) is 0 Å². The first-order valence-electron chi connectivity index (χ1n) is 7.17. The second-order valence-electron chi connectivity index (χ2n) is 5.14. The fourth-order valence-electron chi connectivity index (χ4n) is 2.62. The zero-order chi connectivity index (χ0) is 13.4. The van der Waals surface area contributed by atoms with Crippen molar-refractivity contribution in [1.82, 2.24) is 4.90 Å². The summed E-state index contributed by atoms with van der Waals surface area (Å²) in [4.78, 5) is 13.3. The summed E-state index contributed by atoms with van der Waals surface area (Å²) in [5, 5.41) is 0. The Hall–Kier alpha value is -0.800. The first-order chi connectivity index (χ1) is 8.69. The molecule has 1 rings (SSSR count). The van der Waals surface area contributed by atoms with Crippen molar-refractivity contribution in [3.63, 3.8) is 0 Å². The van der Waals surface area contributed by atoms with Gasteiger partial charge in [0.1, 0.15) is 6.17 Å². The first kappa shape index (κ1) is 15.3. The van der Waals surface area contributed by atoms with Gasteiger partial charge in [-0.2, -0.15) is 0 Å². The van der Waals surface area contributed by atoms with Gasteiger partial charge in [-0.15, -0.1) is 0 Å². The molecule has 0 radical (unpaired) electrons. The van der Waals surface area contributed by atoms with Gasteiger partial charge in [0.15, 0.2) is 0 Å². The number of ether oxygens (including phenoxy) is 1. The predicted octanol–water partition coefficient (Wildman–Crippen LogP) is 3.92. The van der Waals surface area contributed by atoms with Crippen LogP contribution in [0, 0.1) is 0 Å². The number of unbranched alkanes of at least 4 members (excludes halogenated alkanes) is 4. The Morgan fingerprint density at radius 1 is 1.33 bits per heavy atom. The zero-order valence-electron chi connectivity index (χ0n) is 11.7. The highest BCUT2D eigenvalue weighted by Gasteiger charge is 2.31. The highest BCUT2D eigenvalue weighted by Crippen LogP contribution is 2.24. The van der Waals surface area contributed by atoms with Crippen LogP contribution >= 0.6 is 0 Å². The molecule has 0 aromatic rings. The van der Waals surface area contributed by atoms with Gasteiger partial charge in [0.25, 0.3) is 0 Å². The lowest BCUT2D eigenvalue weighted by atomic mass is 9.95. The molecule has 1 heterocycles. The van der Waals surface area contributed by atoms with Gasteiger partial charge >= 0.3 is 6.09 Å². The Morgan fingerprint density at radius 2 is 2.06 bits per heavy atom. The van der Waals surface area contributed by atoms with Gasteiger partial charge in [-0.05, 0) is 19.3 Å². The number of rotatable bonds is 6. The third kappa shape index (κ3) is 4.83. The lowest BCUT2D eigenvalue weighted by molar-refractivity contribution is 0.0624. The minimum Gasteiger partial charge on any atom is -0.453 e. The number of alkyl halides is 1. The standard InChI is InChI=1S/C14H26FNO2/c1-3-4-5-6-7-8-13-11-12(15)9-10-16(13)14(17)18-2/h12-13H,3-11H2,1-2H3/t12-,13+/m0/s1. The van der Waals surface area contributed by atoms with Crippen LogP contribution in [0.1, 0.15) is 58.3 Å². The Morgan fingerprint density at radius 3 is 2.72 bits per heavy atom. The Bertz CT molecular complexity index is 248. The van der Waals surface area contributed by atoms with Crippen LogP contribution in [0.3, 0.4) is 0 Å². The average Bonchev–Trinajstić information content (AvgIpc) is 2.38. The molecular weight excluding hydrogens is 233 g/mol. The lowest BCUT2D eigenvalue weighted by Crippen LogP contribution is -2.46. The maximum absolute atomic E-state index is 13.4. The summed E-state index contributed by atoms with van der Waals surface area (Å²) in [6.45, 7) is 2.68. The number of methoxy groups -OCH3 is 1. The highest BCUT2D eigenvalue weighted by molar-refractivity contribution is 5.68. The van der Waals surface area contributed by atoms with Crippen molar-refractivity contribution in [2.75, 3.05) is 13.7 Å². The second kappa shape index (κ2) is 8.33. The molecule has 3 nitrogen and oxygen atoms in total. The van der Waals surface area contributed by atoms with Crippen LogP contribution in [-0.2, 0) is 4.74 Å². The smallest absolute Gasteiger partial charge is 0.409 e. The first-order valence-corrected chi connectivity index (χ1v) is 7.17. The number of piperidine rings is 1. The highest BCUT2D eigenvalue weighted by atomic mass is 19.1. The molecule has 1 aliphatic heterocycles. The molecule has 0 saturated carbocycles. The van der Waals surface area contributed by atoms with Crippen molar-refractivity contribution in [2.24, 2.45) is 0 Å². The number of nitrogens with zero attached hydrogens (tertiary/aromatic N) is 1. The van der Waals surface area contributed by atoms with Crippen LogP contribution in [0.4, 0.5) is 9.18 Å². The lowest BCUT2D eigenvalue weighted by Gasteiger charge is -2.36. The van der Waals surface area contributed by atoms with E-state index in [4.69, 9.17) is 4.74 Å². The topological polar surface area (TPSA) is 29.5 Å². The quantitative estimate of drug-likeness (QED) is 0.677. The molecule has 1 fully saturated rings. The number of hydrogen-bond donors (Lipinski definition) is 0. The molecule has 2 atom stereocenters. The fourth-order valence-corrected chi connectivity index (χ4v) is 2.62. The van der Waals surface area contributed by atoms with Gasteiger partial charge in [0.05, 0.1) is 7.11 Å². The molecule has 0 aromatic heterocycles. The number of halogens is 1. The second-order valence-corrected chi connectivity index (χ2v) is 5.14. The molecular formula is C14H26FNO2. The summed E-state index contributed by atoms with van der Waals surface area (Å²) in [7, 11) is 1.39. The van der Waals surface area contributed by atoms with Gasteiger partial charge in [-0.1, -0.05) is 39.0 Å². The third-order valence-corrected chi connectivity index (χ3v) is 3.70. The van der Waals surface area contributed by atoms with Crippen molar-refractivity contribution in [3.8, 4) is 0 Å². The van der Waals surface area contributed by atoms with E-state index in [1.807, 2.05) is 0 Å². The van der Waals surface area contributed by atoms with Crippen molar-refractivity contribution in [3.05, 3.63) is 0 Å². The molecule has 4 heteroatoms. The van der Waals surface area contributed by atoms with Crippen LogP contribution < -0.4 is 0 Å². The minimum absolute atomic E-state index is 0.0304. The number of carbonyl (C=O) groups is 1. The molecule has 106 valence electrons. The molecule has 1 amide bonds. The van der Waals surface area contributed by atoms with Crippen molar-refractivity contribution in [2.45, 2.75) is 70.5 Å². The molecule has 0 unspecified atom stereocenters. The van der Waals surface area contributed by atoms with E-state index in [-0.39, 0.29) is 12.1 Å². The van der Waals surface area contributed by atoms with E-state index in [9.17, 15) is 9.18 Å². The van der Waals surface area contributed by atoms with E-state index in [1.165, 1.54) is 32.8 Å². The number of carbonyl (C=O) groups excluding carboxylic acids is 1. The van der Waals surface area contributed by atoms with Gasteiger partial charge in [-0.25, -0.2) is 9.18 Å². The molecule has 18 heavy (non-hydrogen) atoms. The van der Waals surface area contributed by atoms with E-state index in [0.717, 1.165) is 12.8 Å². The third-order valence-electron chi connectivity index (χ3n) is 3.70. The normalized spacial score (nSPS) is 24.1. The van der Waals surface area contributed by atoms with Crippen molar-refractivity contribution >= 4 is 6.09 Å². The van der Waals surface area contributed by atoms with E-state index in [2.05, 4.69) is 6.92 Å². The zero-order valence-corrected chi connectivity index (χ0v) is 11.7. The van der Waals surface area contributed by atoms with E-state index in [1.54, 1.807) is 4.90 Å². The van der Waals surface area contributed by atoms with E-state index < -0.39 is 6.17 Å². The van der Waals surface area contributed by atoms with Gasteiger partial charge in [0, 0.05) is 12.6 Å². The molecule has 0 bridgehead atoms. The van der Waals surface area contributed by atoms with E-state index >= 15 is 0 Å². The molecule has 0 spiro atoms. The largest absolute Gasteiger partial charge is 0.453 e. The summed E-state index contributed by atoms with van der Waals surface area (Å²) in [5.74, 6) is 0. The Balaban J connectivity index is 2.34. The minimum atomic E-state index is -0.758. The maximum atomic E-state index is 13.4. The molecule has 0 N–H and O–H groups in total. The van der Waals surface area contributed by atoms with Crippen LogP contribution in [0.5, 0.6) is 0 Å². The van der Waals surface area contributed by atoms with Crippen LogP contribution in [0.2, 0.25) is 0 Å². The summed E-state index contributed by atoms with van der Waals surface area (Å²) < 4.78 is 18.2. The SMILES string of the molecule is CCCCCCC[C@@H]1C[C@@H](F)CCN1C(=O)OC. The molecule has 0 aromatic carbocycles. The van der Waals surface area contributed by atoms with Gasteiger partial charge < -0.3 is 9.64 Å². The van der Waals surface area contributed by atoms with Crippen LogP contribution in [-0.4, -0.2) is 36.9 Å².